The van der Waals surface area contributed by atoms with E-state index in [0.29, 0.717) is 6.42 Å². The highest BCUT2D eigenvalue weighted by atomic mass is 16.1. The van der Waals surface area contributed by atoms with Gasteiger partial charge in [0.05, 0.1) is 6.20 Å². The lowest BCUT2D eigenvalue weighted by molar-refractivity contribution is -0.116. The number of anilines is 2. The van der Waals surface area contributed by atoms with Gasteiger partial charge >= 0.3 is 0 Å². The second-order valence-corrected chi connectivity index (χ2v) is 7.10. The molecule has 0 spiro atoms. The molecule has 0 unspecified atom stereocenters. The minimum atomic E-state index is 0.0461. The fourth-order valence-corrected chi connectivity index (χ4v) is 3.59. The van der Waals surface area contributed by atoms with Crippen LogP contribution in [0.3, 0.4) is 0 Å². The highest BCUT2D eigenvalue weighted by Crippen LogP contribution is 2.27. The first-order valence-corrected chi connectivity index (χ1v) is 9.97. The van der Waals surface area contributed by atoms with E-state index < -0.39 is 0 Å². The molecule has 6 heteroatoms. The summed E-state index contributed by atoms with van der Waals surface area (Å²) in [6.45, 7) is 4.40. The SMILES string of the molecule is O=C(CCN1CCN(c2cnccn2)CC1)Nc1ccccc1-c1ccccc1. The molecular formula is C23H25N5O. The molecule has 4 rings (SSSR count). The predicted molar refractivity (Wildman–Crippen MR) is 116 cm³/mol. The highest BCUT2D eigenvalue weighted by molar-refractivity contribution is 5.95. The first kappa shape index (κ1) is 19.1. The maximum atomic E-state index is 12.6. The van der Waals surface area contributed by atoms with E-state index in [1.807, 2.05) is 42.5 Å². The van der Waals surface area contributed by atoms with Crippen molar-refractivity contribution in [1.29, 1.82) is 0 Å². The number of nitrogens with one attached hydrogen (secondary N) is 1. The smallest absolute Gasteiger partial charge is 0.225 e. The molecule has 1 aliphatic rings. The number of hydrogen-bond acceptors (Lipinski definition) is 5. The second-order valence-electron chi connectivity index (χ2n) is 7.10. The van der Waals surface area contributed by atoms with Crippen LogP contribution >= 0.6 is 0 Å². The van der Waals surface area contributed by atoms with E-state index in [2.05, 4.69) is 37.2 Å². The van der Waals surface area contributed by atoms with E-state index in [0.717, 1.165) is 55.4 Å². The molecule has 1 amide bonds. The number of nitrogens with zero attached hydrogens (tertiary/aromatic N) is 4. The topological polar surface area (TPSA) is 61.4 Å². The van der Waals surface area contributed by atoms with Gasteiger partial charge in [0, 0.05) is 62.8 Å². The summed E-state index contributed by atoms with van der Waals surface area (Å²) in [7, 11) is 0. The number of amides is 1. The molecule has 0 aliphatic carbocycles. The lowest BCUT2D eigenvalue weighted by Crippen LogP contribution is -2.47. The molecule has 1 N–H and O–H groups in total. The van der Waals surface area contributed by atoms with Crippen molar-refractivity contribution < 1.29 is 4.79 Å². The number of aromatic nitrogens is 2. The first-order chi connectivity index (χ1) is 14.3. The van der Waals surface area contributed by atoms with Crippen molar-refractivity contribution in [3.8, 4) is 11.1 Å². The maximum Gasteiger partial charge on any atom is 0.225 e. The number of carbonyl (C=O) groups excluding carboxylic acids is 1. The number of benzene rings is 2. The van der Waals surface area contributed by atoms with Gasteiger partial charge in [-0.3, -0.25) is 14.7 Å². The van der Waals surface area contributed by atoms with Gasteiger partial charge in [0.15, 0.2) is 0 Å². The molecule has 1 saturated heterocycles. The van der Waals surface area contributed by atoms with Crippen LogP contribution < -0.4 is 10.2 Å². The van der Waals surface area contributed by atoms with Crippen molar-refractivity contribution in [2.75, 3.05) is 42.9 Å². The van der Waals surface area contributed by atoms with Crippen LogP contribution in [0.1, 0.15) is 6.42 Å². The van der Waals surface area contributed by atoms with Gasteiger partial charge in [0.2, 0.25) is 5.91 Å². The molecule has 1 aromatic heterocycles. The molecule has 148 valence electrons. The van der Waals surface area contributed by atoms with E-state index in [4.69, 9.17) is 0 Å². The Labute approximate surface area is 171 Å². The third kappa shape index (κ3) is 4.97. The Morgan fingerprint density at radius 3 is 2.45 bits per heavy atom. The standard InChI is InChI=1S/C23H25N5O/c29-23(26-21-9-5-4-8-20(21)19-6-2-1-3-7-19)10-13-27-14-16-28(17-15-27)22-18-24-11-12-25-22/h1-9,11-12,18H,10,13-17H2,(H,26,29). The third-order valence-corrected chi connectivity index (χ3v) is 5.19. The van der Waals surface area contributed by atoms with Crippen LogP contribution in [0.25, 0.3) is 11.1 Å². The molecule has 2 heterocycles. The average Bonchev–Trinajstić information content (AvgIpc) is 2.80. The van der Waals surface area contributed by atoms with Gasteiger partial charge in [-0.25, -0.2) is 4.98 Å². The monoisotopic (exact) mass is 387 g/mol. The van der Waals surface area contributed by atoms with Crippen LogP contribution in [0.5, 0.6) is 0 Å². The van der Waals surface area contributed by atoms with Crippen molar-refractivity contribution in [3.63, 3.8) is 0 Å². The quantitative estimate of drug-likeness (QED) is 0.703. The van der Waals surface area contributed by atoms with Gasteiger partial charge in [0.25, 0.3) is 0 Å². The van der Waals surface area contributed by atoms with E-state index in [9.17, 15) is 4.79 Å². The zero-order valence-electron chi connectivity index (χ0n) is 16.4. The summed E-state index contributed by atoms with van der Waals surface area (Å²) in [6.07, 6.45) is 5.69. The van der Waals surface area contributed by atoms with E-state index in [1.165, 1.54) is 0 Å². The summed E-state index contributed by atoms with van der Waals surface area (Å²) in [5.74, 6) is 0.965. The van der Waals surface area contributed by atoms with E-state index in [1.54, 1.807) is 18.6 Å². The fourth-order valence-electron chi connectivity index (χ4n) is 3.59. The molecule has 6 nitrogen and oxygen atoms in total. The largest absolute Gasteiger partial charge is 0.353 e. The van der Waals surface area contributed by atoms with E-state index >= 15 is 0 Å². The van der Waals surface area contributed by atoms with Gasteiger partial charge in [-0.15, -0.1) is 0 Å². The second kappa shape index (κ2) is 9.30. The molecule has 0 radical (unpaired) electrons. The number of hydrogen-bond donors (Lipinski definition) is 1. The van der Waals surface area contributed by atoms with Gasteiger partial charge in [-0.2, -0.15) is 0 Å². The zero-order valence-corrected chi connectivity index (χ0v) is 16.4. The van der Waals surface area contributed by atoms with Gasteiger partial charge < -0.3 is 10.2 Å². The fraction of sp³-hybridized carbons (Fsp3) is 0.261. The van der Waals surface area contributed by atoms with Crippen LogP contribution in [-0.2, 0) is 4.79 Å². The summed E-state index contributed by atoms with van der Waals surface area (Å²) in [5.41, 5.74) is 3.00. The number of piperazine rings is 1. The molecule has 1 fully saturated rings. The van der Waals surface area contributed by atoms with Crippen molar-refractivity contribution in [2.24, 2.45) is 0 Å². The van der Waals surface area contributed by atoms with Crippen molar-refractivity contribution >= 4 is 17.4 Å². The Kier molecular flexibility index (Phi) is 6.12. The van der Waals surface area contributed by atoms with Gasteiger partial charge in [-0.1, -0.05) is 48.5 Å². The molecule has 29 heavy (non-hydrogen) atoms. The van der Waals surface area contributed by atoms with Crippen molar-refractivity contribution in [1.82, 2.24) is 14.9 Å². The van der Waals surface area contributed by atoms with E-state index in [-0.39, 0.29) is 5.91 Å². The maximum absolute atomic E-state index is 12.6. The van der Waals surface area contributed by atoms with Crippen molar-refractivity contribution in [2.45, 2.75) is 6.42 Å². The molecular weight excluding hydrogens is 362 g/mol. The minimum absolute atomic E-state index is 0.0461. The molecule has 0 bridgehead atoms. The Morgan fingerprint density at radius 1 is 0.931 bits per heavy atom. The number of carbonyl (C=O) groups is 1. The van der Waals surface area contributed by atoms with Crippen LogP contribution in [0.4, 0.5) is 11.5 Å². The third-order valence-electron chi connectivity index (χ3n) is 5.19. The summed E-state index contributed by atoms with van der Waals surface area (Å²) in [6, 6.07) is 18.1. The Bertz CT molecular complexity index is 924. The Hall–Kier alpha value is -3.25. The highest BCUT2D eigenvalue weighted by Gasteiger charge is 2.18. The molecule has 0 saturated carbocycles. The Balaban J connectivity index is 1.28. The predicted octanol–water partition coefficient (Wildman–Crippen LogP) is 3.29. The summed E-state index contributed by atoms with van der Waals surface area (Å²) in [4.78, 5) is 25.6. The van der Waals surface area contributed by atoms with Crippen LogP contribution in [0.15, 0.2) is 73.2 Å². The number of para-hydroxylation sites is 1. The number of rotatable bonds is 6. The molecule has 0 atom stereocenters. The molecule has 1 aliphatic heterocycles. The molecule has 2 aromatic carbocycles. The summed E-state index contributed by atoms with van der Waals surface area (Å²) in [5, 5.41) is 3.09. The lowest BCUT2D eigenvalue weighted by Gasteiger charge is -2.35. The van der Waals surface area contributed by atoms with Gasteiger partial charge in [0.1, 0.15) is 5.82 Å². The van der Waals surface area contributed by atoms with Crippen molar-refractivity contribution in [3.05, 3.63) is 73.2 Å². The lowest BCUT2D eigenvalue weighted by atomic mass is 10.0. The zero-order chi connectivity index (χ0) is 19.9. The van der Waals surface area contributed by atoms with Crippen LogP contribution in [0.2, 0.25) is 0 Å². The van der Waals surface area contributed by atoms with Crippen LogP contribution in [-0.4, -0.2) is 53.5 Å². The first-order valence-electron chi connectivity index (χ1n) is 9.97. The van der Waals surface area contributed by atoms with Crippen LogP contribution in [0, 0.1) is 0 Å². The summed E-state index contributed by atoms with van der Waals surface area (Å²) >= 11 is 0. The molecule has 3 aromatic rings. The normalized spacial score (nSPS) is 14.6. The Morgan fingerprint density at radius 2 is 1.69 bits per heavy atom. The van der Waals surface area contributed by atoms with Gasteiger partial charge in [-0.05, 0) is 11.6 Å². The summed E-state index contributed by atoms with van der Waals surface area (Å²) < 4.78 is 0. The average molecular weight is 387 g/mol. The minimum Gasteiger partial charge on any atom is -0.353 e.